The Morgan fingerprint density at radius 3 is 2.85 bits per heavy atom. The molecule has 2 aromatic rings. The molecule has 0 spiro atoms. The molecule has 1 aromatic carbocycles. The summed E-state index contributed by atoms with van der Waals surface area (Å²) in [4.78, 5) is 5.94. The lowest BCUT2D eigenvalue weighted by atomic mass is 9.88. The lowest BCUT2D eigenvalue weighted by Crippen LogP contribution is -2.09. The van der Waals surface area contributed by atoms with E-state index >= 15 is 0 Å². The number of nitrogen functional groups attached to an aromatic ring is 1. The lowest BCUT2D eigenvalue weighted by Gasteiger charge is -2.19. The van der Waals surface area contributed by atoms with Crippen LogP contribution in [-0.4, -0.2) is 4.98 Å². The van der Waals surface area contributed by atoms with Gasteiger partial charge in [0, 0.05) is 4.88 Å². The van der Waals surface area contributed by atoms with E-state index in [-0.39, 0.29) is 0 Å². The molecule has 0 aliphatic heterocycles. The zero-order valence-electron chi connectivity index (χ0n) is 11.8. The number of nitrogens with zero attached hydrogens (tertiary/aromatic N) is 1. The Morgan fingerprint density at radius 2 is 2.00 bits per heavy atom. The second-order valence-electron chi connectivity index (χ2n) is 5.74. The first-order chi connectivity index (χ1) is 9.81. The van der Waals surface area contributed by atoms with E-state index in [0.717, 1.165) is 17.5 Å². The minimum atomic E-state index is 0.748. The number of aryl methyl sites for hydroxylation is 3. The van der Waals surface area contributed by atoms with Gasteiger partial charge in [-0.3, -0.25) is 0 Å². The van der Waals surface area contributed by atoms with E-state index in [4.69, 9.17) is 5.73 Å². The summed E-state index contributed by atoms with van der Waals surface area (Å²) < 4.78 is 0. The molecule has 2 N–H and O–H groups in total. The number of hydrogen-bond acceptors (Lipinski definition) is 3. The zero-order chi connectivity index (χ0) is 13.8. The van der Waals surface area contributed by atoms with Gasteiger partial charge in [-0.15, -0.1) is 11.3 Å². The lowest BCUT2D eigenvalue weighted by molar-refractivity contribution is 0.399. The van der Waals surface area contributed by atoms with Crippen LogP contribution in [-0.2, 0) is 19.3 Å². The molecule has 1 aromatic heterocycles. The predicted molar refractivity (Wildman–Crippen MR) is 86.0 cm³/mol. The van der Waals surface area contributed by atoms with Crippen molar-refractivity contribution in [1.82, 2.24) is 4.98 Å². The molecular weight excluding hydrogens is 264 g/mol. The molecule has 3 rings (SSSR count). The Labute approximate surface area is 125 Å². The van der Waals surface area contributed by atoms with Gasteiger partial charge >= 0.3 is 0 Å². The van der Waals surface area contributed by atoms with Crippen LogP contribution in [0.5, 0.6) is 0 Å². The minimum absolute atomic E-state index is 0.748. The first-order valence-corrected chi connectivity index (χ1v) is 8.41. The predicted octanol–water partition coefficient (Wildman–Crippen LogP) is 4.24. The molecule has 3 heteroatoms. The highest BCUT2D eigenvalue weighted by Gasteiger charge is 2.17. The van der Waals surface area contributed by atoms with Crippen molar-refractivity contribution in [1.29, 1.82) is 0 Å². The number of benzene rings is 1. The maximum Gasteiger partial charge on any atom is 0.180 e. The molecule has 106 valence electrons. The van der Waals surface area contributed by atoms with Gasteiger partial charge in [-0.05, 0) is 50.0 Å². The third-order valence-electron chi connectivity index (χ3n) is 4.28. The molecule has 0 saturated carbocycles. The number of aromatic nitrogens is 1. The summed E-state index contributed by atoms with van der Waals surface area (Å²) >= 11 is 1.69. The third-order valence-corrected chi connectivity index (χ3v) is 5.27. The first kappa shape index (κ1) is 13.6. The summed E-state index contributed by atoms with van der Waals surface area (Å²) in [7, 11) is 0. The number of rotatable bonds is 3. The monoisotopic (exact) mass is 286 g/mol. The Kier molecular flexibility index (Phi) is 4.36. The molecule has 0 radical (unpaired) electrons. The van der Waals surface area contributed by atoms with Crippen LogP contribution in [0.1, 0.15) is 41.8 Å². The van der Waals surface area contributed by atoms with E-state index in [0.29, 0.717) is 0 Å². The van der Waals surface area contributed by atoms with E-state index in [9.17, 15) is 0 Å². The number of nitrogens with two attached hydrogens (primary N) is 1. The van der Waals surface area contributed by atoms with Crippen molar-refractivity contribution in [3.63, 3.8) is 0 Å². The molecule has 1 heterocycles. The van der Waals surface area contributed by atoms with Gasteiger partial charge in [0.2, 0.25) is 0 Å². The summed E-state index contributed by atoms with van der Waals surface area (Å²) in [6.45, 7) is 0. The van der Waals surface area contributed by atoms with E-state index in [2.05, 4.69) is 35.3 Å². The SMILES string of the molecule is Nc1nc2c(s1)CCCC(CCc1ccccc1)CC2. The highest BCUT2D eigenvalue weighted by atomic mass is 32.1. The van der Waals surface area contributed by atoms with Crippen LogP contribution in [0.2, 0.25) is 0 Å². The Morgan fingerprint density at radius 1 is 1.15 bits per heavy atom. The molecule has 2 nitrogen and oxygen atoms in total. The molecule has 1 aliphatic rings. The van der Waals surface area contributed by atoms with Gasteiger partial charge < -0.3 is 5.73 Å². The molecule has 0 amide bonds. The molecule has 20 heavy (non-hydrogen) atoms. The molecule has 1 unspecified atom stereocenters. The zero-order valence-corrected chi connectivity index (χ0v) is 12.7. The topological polar surface area (TPSA) is 38.9 Å². The number of fused-ring (bicyclic) bond motifs is 1. The number of thiazole rings is 1. The largest absolute Gasteiger partial charge is 0.375 e. The Bertz CT molecular complexity index is 547. The van der Waals surface area contributed by atoms with Gasteiger partial charge in [-0.25, -0.2) is 4.98 Å². The summed E-state index contributed by atoms with van der Waals surface area (Å²) in [5.74, 6) is 0.839. The fraction of sp³-hybridized carbons (Fsp3) is 0.471. The highest BCUT2D eigenvalue weighted by Crippen LogP contribution is 2.30. The molecule has 0 bridgehead atoms. The van der Waals surface area contributed by atoms with Gasteiger partial charge in [0.15, 0.2) is 5.13 Å². The average molecular weight is 286 g/mol. The number of anilines is 1. The average Bonchev–Trinajstić information content (AvgIpc) is 2.79. The van der Waals surface area contributed by atoms with Crippen LogP contribution >= 0.6 is 11.3 Å². The maximum absolute atomic E-state index is 5.84. The van der Waals surface area contributed by atoms with Crippen LogP contribution in [0, 0.1) is 5.92 Å². The summed E-state index contributed by atoms with van der Waals surface area (Å²) in [6, 6.07) is 10.8. The molecular formula is C17H22N2S. The number of hydrogen-bond donors (Lipinski definition) is 1. The standard InChI is InChI=1S/C17H22N2S/c18-17-19-15-12-11-14(7-4-8-16(15)20-17)10-9-13-5-2-1-3-6-13/h1-3,5-6,14H,4,7-12H2,(H2,18,19). The van der Waals surface area contributed by atoms with Gasteiger partial charge in [-0.2, -0.15) is 0 Å². The summed E-state index contributed by atoms with van der Waals surface area (Å²) in [5.41, 5.74) is 8.58. The van der Waals surface area contributed by atoms with E-state index < -0.39 is 0 Å². The third kappa shape index (κ3) is 3.40. The second kappa shape index (κ2) is 6.40. The van der Waals surface area contributed by atoms with Crippen molar-refractivity contribution >= 4 is 16.5 Å². The van der Waals surface area contributed by atoms with Gasteiger partial charge in [-0.1, -0.05) is 36.8 Å². The quantitative estimate of drug-likeness (QED) is 0.916. The van der Waals surface area contributed by atoms with Crippen molar-refractivity contribution in [2.75, 3.05) is 5.73 Å². The van der Waals surface area contributed by atoms with Crippen LogP contribution in [0.4, 0.5) is 5.13 Å². The van der Waals surface area contributed by atoms with Crippen LogP contribution in [0.3, 0.4) is 0 Å². The van der Waals surface area contributed by atoms with Crippen LogP contribution in [0.15, 0.2) is 30.3 Å². The van der Waals surface area contributed by atoms with Crippen molar-refractivity contribution in [3.8, 4) is 0 Å². The molecule has 1 atom stereocenters. The van der Waals surface area contributed by atoms with Crippen molar-refractivity contribution in [3.05, 3.63) is 46.5 Å². The van der Waals surface area contributed by atoms with Crippen molar-refractivity contribution in [2.45, 2.75) is 44.9 Å². The fourth-order valence-electron chi connectivity index (χ4n) is 3.13. The summed E-state index contributed by atoms with van der Waals surface area (Å²) in [5, 5.41) is 0.748. The van der Waals surface area contributed by atoms with Gasteiger partial charge in [0.05, 0.1) is 5.69 Å². The molecule has 0 fully saturated rings. The van der Waals surface area contributed by atoms with Gasteiger partial charge in [0.1, 0.15) is 0 Å². The fourth-order valence-corrected chi connectivity index (χ4v) is 4.05. The first-order valence-electron chi connectivity index (χ1n) is 7.59. The van der Waals surface area contributed by atoms with Crippen molar-refractivity contribution in [2.24, 2.45) is 5.92 Å². The smallest absolute Gasteiger partial charge is 0.180 e. The van der Waals surface area contributed by atoms with Crippen LogP contribution in [0.25, 0.3) is 0 Å². The van der Waals surface area contributed by atoms with Crippen LogP contribution < -0.4 is 5.73 Å². The molecule has 0 saturated heterocycles. The Hall–Kier alpha value is -1.35. The highest BCUT2D eigenvalue weighted by molar-refractivity contribution is 7.15. The maximum atomic E-state index is 5.84. The van der Waals surface area contributed by atoms with E-state index in [1.54, 1.807) is 11.3 Å². The van der Waals surface area contributed by atoms with Crippen molar-refractivity contribution < 1.29 is 0 Å². The normalized spacial score (nSPS) is 19.1. The van der Waals surface area contributed by atoms with E-state index in [1.807, 2.05) is 0 Å². The van der Waals surface area contributed by atoms with Gasteiger partial charge in [0.25, 0.3) is 0 Å². The molecule has 1 aliphatic carbocycles. The Balaban J connectivity index is 1.57. The summed E-state index contributed by atoms with van der Waals surface area (Å²) in [6.07, 6.45) is 8.70. The van der Waals surface area contributed by atoms with E-state index in [1.165, 1.54) is 54.7 Å². The second-order valence-corrected chi connectivity index (χ2v) is 6.86. The minimum Gasteiger partial charge on any atom is -0.375 e.